The van der Waals surface area contributed by atoms with Crippen molar-refractivity contribution < 1.29 is 14.3 Å². The lowest BCUT2D eigenvalue weighted by molar-refractivity contribution is -0.148. The molecule has 3 heteroatoms. The van der Waals surface area contributed by atoms with Crippen LogP contribution in [0.25, 0.3) is 0 Å². The Morgan fingerprint density at radius 1 is 1.12 bits per heavy atom. The van der Waals surface area contributed by atoms with Crippen LogP contribution < -0.4 is 0 Å². The highest BCUT2D eigenvalue weighted by Gasteiger charge is 2.59. The van der Waals surface area contributed by atoms with Crippen molar-refractivity contribution in [1.29, 1.82) is 0 Å². The van der Waals surface area contributed by atoms with E-state index < -0.39 is 0 Å². The number of rotatable bonds is 5. The van der Waals surface area contributed by atoms with Gasteiger partial charge in [0.15, 0.2) is 0 Å². The van der Waals surface area contributed by atoms with Crippen molar-refractivity contribution in [3.8, 4) is 0 Å². The molecular weight excluding hydrogens is 396 g/mol. The molecule has 0 heterocycles. The van der Waals surface area contributed by atoms with E-state index >= 15 is 0 Å². The zero-order valence-corrected chi connectivity index (χ0v) is 21.8. The maximum absolute atomic E-state index is 11.5. The van der Waals surface area contributed by atoms with Crippen molar-refractivity contribution in [1.82, 2.24) is 0 Å². The number of hydrogen-bond acceptors (Lipinski definition) is 3. The summed E-state index contributed by atoms with van der Waals surface area (Å²) in [5.74, 6) is 3.99. The summed E-state index contributed by atoms with van der Waals surface area (Å²) < 4.78 is 11.7. The SMILES string of the molecule is CC(=O)O[C@H]1CC[C@@]2(C)C(=CC[C@H]3[C@@H]4CC[C@H]([C@H](C)CCOC(C)(C)C)[C@@]4(C)CC[C@@H]32)C1. The predicted octanol–water partition coefficient (Wildman–Crippen LogP) is 7.34. The summed E-state index contributed by atoms with van der Waals surface area (Å²) in [6.45, 7) is 16.6. The second kappa shape index (κ2) is 8.75. The zero-order valence-electron chi connectivity index (χ0n) is 21.8. The zero-order chi connectivity index (χ0) is 23.3. The second-order valence-corrected chi connectivity index (χ2v) is 13.2. The van der Waals surface area contributed by atoms with E-state index in [1.54, 1.807) is 12.5 Å². The molecular formula is C29H48O3. The molecule has 0 aromatic carbocycles. The third kappa shape index (κ3) is 4.44. The molecule has 182 valence electrons. The van der Waals surface area contributed by atoms with E-state index in [9.17, 15) is 4.79 Å². The molecule has 4 aliphatic carbocycles. The van der Waals surface area contributed by atoms with E-state index in [0.717, 1.165) is 49.0 Å². The molecule has 4 aliphatic rings. The van der Waals surface area contributed by atoms with Gasteiger partial charge in [0.2, 0.25) is 0 Å². The van der Waals surface area contributed by atoms with Gasteiger partial charge in [0.1, 0.15) is 6.10 Å². The van der Waals surface area contributed by atoms with Gasteiger partial charge in [0.05, 0.1) is 5.60 Å². The number of fused-ring (bicyclic) bond motifs is 5. The van der Waals surface area contributed by atoms with Crippen molar-refractivity contribution in [2.45, 2.75) is 118 Å². The summed E-state index contributed by atoms with van der Waals surface area (Å²) in [6, 6.07) is 0. The Morgan fingerprint density at radius 2 is 1.88 bits per heavy atom. The molecule has 0 aliphatic heterocycles. The highest BCUT2D eigenvalue weighted by atomic mass is 16.5. The average molecular weight is 445 g/mol. The summed E-state index contributed by atoms with van der Waals surface area (Å²) in [7, 11) is 0. The van der Waals surface area contributed by atoms with Crippen molar-refractivity contribution in [2.75, 3.05) is 6.61 Å². The lowest BCUT2D eigenvalue weighted by Gasteiger charge is -2.58. The number of hydrogen-bond donors (Lipinski definition) is 0. The monoisotopic (exact) mass is 444 g/mol. The number of ether oxygens (including phenoxy) is 2. The van der Waals surface area contributed by atoms with Crippen LogP contribution in [0.15, 0.2) is 11.6 Å². The third-order valence-corrected chi connectivity index (χ3v) is 10.3. The molecule has 0 unspecified atom stereocenters. The lowest BCUT2D eigenvalue weighted by atomic mass is 9.47. The van der Waals surface area contributed by atoms with E-state index in [1.165, 1.54) is 44.9 Å². The van der Waals surface area contributed by atoms with Gasteiger partial charge >= 0.3 is 5.97 Å². The van der Waals surface area contributed by atoms with Gasteiger partial charge in [-0.15, -0.1) is 0 Å². The molecule has 0 spiro atoms. The molecule has 0 saturated heterocycles. The lowest BCUT2D eigenvalue weighted by Crippen LogP contribution is -2.51. The maximum Gasteiger partial charge on any atom is 0.302 e. The minimum Gasteiger partial charge on any atom is -0.462 e. The number of carbonyl (C=O) groups excluding carboxylic acids is 1. The van der Waals surface area contributed by atoms with Gasteiger partial charge in [-0.1, -0.05) is 32.4 Å². The molecule has 3 nitrogen and oxygen atoms in total. The predicted molar refractivity (Wildman–Crippen MR) is 130 cm³/mol. The fourth-order valence-corrected chi connectivity index (χ4v) is 8.69. The van der Waals surface area contributed by atoms with E-state index in [2.05, 4.69) is 47.6 Å². The first-order valence-corrected chi connectivity index (χ1v) is 13.4. The van der Waals surface area contributed by atoms with Gasteiger partial charge in [-0.05, 0) is 113 Å². The fraction of sp³-hybridized carbons (Fsp3) is 0.897. The normalized spacial score (nSPS) is 42.3. The van der Waals surface area contributed by atoms with Crippen molar-refractivity contribution in [2.24, 2.45) is 40.4 Å². The van der Waals surface area contributed by atoms with Gasteiger partial charge in [-0.25, -0.2) is 0 Å². The fourth-order valence-electron chi connectivity index (χ4n) is 8.69. The third-order valence-electron chi connectivity index (χ3n) is 10.3. The van der Waals surface area contributed by atoms with Crippen LogP contribution in [0.2, 0.25) is 0 Å². The van der Waals surface area contributed by atoms with Crippen molar-refractivity contribution in [3.63, 3.8) is 0 Å². The van der Waals surface area contributed by atoms with E-state index in [1.807, 2.05) is 0 Å². The summed E-state index contributed by atoms with van der Waals surface area (Å²) in [4.78, 5) is 11.5. The topological polar surface area (TPSA) is 35.5 Å². The van der Waals surface area contributed by atoms with Crippen molar-refractivity contribution >= 4 is 5.97 Å². The van der Waals surface area contributed by atoms with Crippen LogP contribution in [-0.2, 0) is 14.3 Å². The van der Waals surface area contributed by atoms with E-state index in [-0.39, 0.29) is 17.7 Å². The summed E-state index contributed by atoms with van der Waals surface area (Å²) in [5.41, 5.74) is 2.39. The summed E-state index contributed by atoms with van der Waals surface area (Å²) in [5, 5.41) is 0. The van der Waals surface area contributed by atoms with Crippen LogP contribution in [-0.4, -0.2) is 24.3 Å². The van der Waals surface area contributed by atoms with Crippen LogP contribution in [0.4, 0.5) is 0 Å². The molecule has 0 amide bonds. The molecule has 0 aromatic heterocycles. The smallest absolute Gasteiger partial charge is 0.302 e. The molecule has 3 saturated carbocycles. The van der Waals surface area contributed by atoms with Crippen molar-refractivity contribution in [3.05, 3.63) is 11.6 Å². The molecule has 0 N–H and O–H groups in total. The molecule has 4 rings (SSSR count). The van der Waals surface area contributed by atoms with Crippen LogP contribution in [0.1, 0.15) is 106 Å². The summed E-state index contributed by atoms with van der Waals surface area (Å²) in [6.07, 6.45) is 13.9. The van der Waals surface area contributed by atoms with Crippen LogP contribution in [0.5, 0.6) is 0 Å². The largest absolute Gasteiger partial charge is 0.462 e. The van der Waals surface area contributed by atoms with Crippen LogP contribution in [0, 0.1) is 40.4 Å². The molecule has 0 aromatic rings. The Labute approximate surface area is 197 Å². The van der Waals surface area contributed by atoms with Crippen LogP contribution in [0.3, 0.4) is 0 Å². The molecule has 0 radical (unpaired) electrons. The van der Waals surface area contributed by atoms with Crippen LogP contribution >= 0.6 is 0 Å². The number of carbonyl (C=O) groups is 1. The molecule has 8 atom stereocenters. The number of esters is 1. The average Bonchev–Trinajstić information content (AvgIpc) is 3.04. The Bertz CT molecular complexity index is 733. The number of allylic oxidation sites excluding steroid dienone is 1. The Balaban J connectivity index is 1.45. The van der Waals surface area contributed by atoms with Gasteiger partial charge < -0.3 is 9.47 Å². The molecule has 32 heavy (non-hydrogen) atoms. The van der Waals surface area contributed by atoms with E-state index in [0.29, 0.717) is 10.8 Å². The Morgan fingerprint density at radius 3 is 2.56 bits per heavy atom. The van der Waals surface area contributed by atoms with Gasteiger partial charge in [0.25, 0.3) is 0 Å². The highest BCUT2D eigenvalue weighted by Crippen LogP contribution is 2.67. The summed E-state index contributed by atoms with van der Waals surface area (Å²) >= 11 is 0. The van der Waals surface area contributed by atoms with E-state index in [4.69, 9.17) is 9.47 Å². The minimum absolute atomic E-state index is 0.0318. The first kappa shape index (κ1) is 24.3. The quantitative estimate of drug-likeness (QED) is 0.329. The molecule has 3 fully saturated rings. The van der Waals surface area contributed by atoms with Gasteiger partial charge in [-0.2, -0.15) is 0 Å². The standard InChI is InChI=1S/C29H48O3/c1-19(14-17-31-27(3,4)5)24-10-11-25-23-9-8-21-18-22(32-20(2)30)12-15-28(21,6)26(23)13-16-29(24,25)7/h8,19,22-26H,9-18H2,1-7H3/t19-,22+,23+,24-,25+,26+,28+,29-/m1/s1. The first-order valence-electron chi connectivity index (χ1n) is 13.4. The van der Waals surface area contributed by atoms with Gasteiger partial charge in [0, 0.05) is 20.0 Å². The van der Waals surface area contributed by atoms with Gasteiger partial charge in [-0.3, -0.25) is 4.79 Å². The Hall–Kier alpha value is -0.830. The Kier molecular flexibility index (Phi) is 6.64. The second-order valence-electron chi connectivity index (χ2n) is 13.2. The first-order chi connectivity index (χ1) is 14.9. The minimum atomic E-state index is -0.125. The maximum atomic E-state index is 11.5. The highest BCUT2D eigenvalue weighted by molar-refractivity contribution is 5.66. The molecule has 0 bridgehead atoms.